The van der Waals surface area contributed by atoms with E-state index < -0.39 is 0 Å². The molecule has 1 aromatic carbocycles. The molecule has 1 heterocycles. The second-order valence-corrected chi connectivity index (χ2v) is 6.07. The number of nitrogens with zero attached hydrogens (tertiary/aromatic N) is 1. The number of benzene rings is 1. The maximum atomic E-state index is 3.91. The lowest BCUT2D eigenvalue weighted by Crippen LogP contribution is -2.47. The van der Waals surface area contributed by atoms with Gasteiger partial charge in [-0.05, 0) is 43.9 Å². The maximum Gasteiger partial charge on any atom is 0.0410 e. The van der Waals surface area contributed by atoms with Gasteiger partial charge in [-0.3, -0.25) is 4.90 Å². The van der Waals surface area contributed by atoms with Crippen LogP contribution < -0.4 is 0 Å². The maximum absolute atomic E-state index is 3.91. The number of fused-ring (bicyclic) bond motifs is 1. The minimum Gasteiger partial charge on any atom is -0.290 e. The quantitative estimate of drug-likeness (QED) is 0.731. The molecule has 0 saturated heterocycles. The Bertz CT molecular complexity index is 549. The Labute approximate surface area is 123 Å². The zero-order chi connectivity index (χ0) is 14.8. The Kier molecular flexibility index (Phi) is 4.29. The summed E-state index contributed by atoms with van der Waals surface area (Å²) in [6, 6.07) is 6.85. The van der Waals surface area contributed by atoms with E-state index in [1.54, 1.807) is 0 Å². The first-order chi connectivity index (χ1) is 9.48. The molecule has 1 aliphatic rings. The van der Waals surface area contributed by atoms with Crippen molar-refractivity contribution >= 4 is 0 Å². The first-order valence-electron chi connectivity index (χ1n) is 7.28. The highest BCUT2D eigenvalue weighted by Gasteiger charge is 2.34. The SMILES string of the molecule is C=C/C=C(\C=C)CN1CCc2cc(C)ccc2C1(C)C. The summed E-state index contributed by atoms with van der Waals surface area (Å²) in [5, 5.41) is 0. The molecule has 0 aliphatic carbocycles. The summed E-state index contributed by atoms with van der Waals surface area (Å²) < 4.78 is 0. The first-order valence-corrected chi connectivity index (χ1v) is 7.28. The molecule has 0 saturated carbocycles. The number of hydrogen-bond donors (Lipinski definition) is 0. The average molecular weight is 267 g/mol. The summed E-state index contributed by atoms with van der Waals surface area (Å²) in [5.41, 5.74) is 5.59. The topological polar surface area (TPSA) is 3.24 Å². The third-order valence-corrected chi connectivity index (χ3v) is 4.33. The fraction of sp³-hybridized carbons (Fsp3) is 0.368. The third kappa shape index (κ3) is 2.78. The van der Waals surface area contributed by atoms with E-state index in [9.17, 15) is 0 Å². The van der Waals surface area contributed by atoms with Gasteiger partial charge in [-0.2, -0.15) is 0 Å². The number of hydrogen-bond acceptors (Lipinski definition) is 1. The monoisotopic (exact) mass is 267 g/mol. The van der Waals surface area contributed by atoms with Crippen LogP contribution in [-0.2, 0) is 12.0 Å². The van der Waals surface area contributed by atoms with E-state index in [0.717, 1.165) is 19.5 Å². The normalized spacial score (nSPS) is 18.4. The highest BCUT2D eigenvalue weighted by molar-refractivity contribution is 5.39. The van der Waals surface area contributed by atoms with Crippen molar-refractivity contribution < 1.29 is 0 Å². The molecule has 1 aromatic rings. The van der Waals surface area contributed by atoms with Crippen molar-refractivity contribution in [2.75, 3.05) is 13.1 Å². The lowest BCUT2D eigenvalue weighted by Gasteiger charge is -2.44. The lowest BCUT2D eigenvalue weighted by atomic mass is 9.82. The van der Waals surface area contributed by atoms with E-state index in [1.165, 1.54) is 22.3 Å². The van der Waals surface area contributed by atoms with Gasteiger partial charge in [-0.1, -0.05) is 55.1 Å². The minimum atomic E-state index is 0.0601. The van der Waals surface area contributed by atoms with Crippen LogP contribution in [0.5, 0.6) is 0 Å². The largest absolute Gasteiger partial charge is 0.290 e. The molecule has 20 heavy (non-hydrogen) atoms. The van der Waals surface area contributed by atoms with Crippen LogP contribution in [-0.4, -0.2) is 18.0 Å². The van der Waals surface area contributed by atoms with Gasteiger partial charge >= 0.3 is 0 Å². The fourth-order valence-electron chi connectivity index (χ4n) is 3.07. The minimum absolute atomic E-state index is 0.0601. The van der Waals surface area contributed by atoms with Crippen LogP contribution in [0.15, 0.2) is 55.2 Å². The molecule has 0 spiro atoms. The van der Waals surface area contributed by atoms with Gasteiger partial charge < -0.3 is 0 Å². The van der Waals surface area contributed by atoms with Crippen LogP contribution in [0.3, 0.4) is 0 Å². The molecule has 0 unspecified atom stereocenters. The van der Waals surface area contributed by atoms with E-state index in [0.29, 0.717) is 0 Å². The van der Waals surface area contributed by atoms with Gasteiger partial charge in [0, 0.05) is 18.6 Å². The molecule has 0 bridgehead atoms. The molecule has 1 nitrogen and oxygen atoms in total. The van der Waals surface area contributed by atoms with E-state index in [1.807, 2.05) is 18.2 Å². The zero-order valence-electron chi connectivity index (χ0n) is 12.9. The average Bonchev–Trinajstić information content (AvgIpc) is 2.40. The molecular formula is C19H25N. The molecular weight excluding hydrogens is 242 g/mol. The Morgan fingerprint density at radius 2 is 2.10 bits per heavy atom. The van der Waals surface area contributed by atoms with Crippen molar-refractivity contribution in [3.05, 3.63) is 71.8 Å². The molecule has 1 aliphatic heterocycles. The predicted molar refractivity (Wildman–Crippen MR) is 88.0 cm³/mol. The van der Waals surface area contributed by atoms with Crippen molar-refractivity contribution in [2.24, 2.45) is 0 Å². The van der Waals surface area contributed by atoms with Crippen molar-refractivity contribution in [2.45, 2.75) is 32.7 Å². The summed E-state index contributed by atoms with van der Waals surface area (Å²) in [7, 11) is 0. The van der Waals surface area contributed by atoms with Crippen LogP contribution in [0.1, 0.15) is 30.5 Å². The standard InChI is InChI=1S/C19H25N/c1-6-8-16(7-2)14-20-12-11-17-13-15(3)9-10-18(17)19(20,4)5/h6-10,13H,1-2,11-12,14H2,3-5H3/b16-8+. The Hall–Kier alpha value is -1.60. The molecule has 2 rings (SSSR count). The summed E-state index contributed by atoms with van der Waals surface area (Å²) in [4.78, 5) is 2.53. The van der Waals surface area contributed by atoms with Gasteiger partial charge in [-0.25, -0.2) is 0 Å². The van der Waals surface area contributed by atoms with Gasteiger partial charge in [0.15, 0.2) is 0 Å². The Morgan fingerprint density at radius 3 is 2.75 bits per heavy atom. The van der Waals surface area contributed by atoms with Crippen molar-refractivity contribution in [3.8, 4) is 0 Å². The van der Waals surface area contributed by atoms with E-state index in [2.05, 4.69) is 57.0 Å². The Morgan fingerprint density at radius 1 is 1.35 bits per heavy atom. The van der Waals surface area contributed by atoms with E-state index in [-0.39, 0.29) is 5.54 Å². The van der Waals surface area contributed by atoms with Crippen LogP contribution in [0, 0.1) is 6.92 Å². The summed E-state index contributed by atoms with van der Waals surface area (Å²) in [5.74, 6) is 0. The Balaban J connectivity index is 2.31. The molecule has 0 fully saturated rings. The molecule has 106 valence electrons. The van der Waals surface area contributed by atoms with Crippen molar-refractivity contribution in [1.29, 1.82) is 0 Å². The van der Waals surface area contributed by atoms with Gasteiger partial charge in [0.25, 0.3) is 0 Å². The van der Waals surface area contributed by atoms with Crippen LogP contribution in [0.2, 0.25) is 0 Å². The number of rotatable bonds is 4. The highest BCUT2D eigenvalue weighted by atomic mass is 15.2. The molecule has 0 amide bonds. The smallest absolute Gasteiger partial charge is 0.0410 e. The van der Waals surface area contributed by atoms with Crippen molar-refractivity contribution in [3.63, 3.8) is 0 Å². The molecule has 1 heteroatoms. The molecule has 0 radical (unpaired) electrons. The zero-order valence-corrected chi connectivity index (χ0v) is 12.9. The highest BCUT2D eigenvalue weighted by Crippen LogP contribution is 2.35. The van der Waals surface area contributed by atoms with E-state index >= 15 is 0 Å². The van der Waals surface area contributed by atoms with Crippen molar-refractivity contribution in [1.82, 2.24) is 4.90 Å². The first kappa shape index (κ1) is 14.8. The van der Waals surface area contributed by atoms with Gasteiger partial charge in [0.05, 0.1) is 0 Å². The molecule has 0 N–H and O–H groups in total. The predicted octanol–water partition coefficient (Wildman–Crippen LogP) is 4.39. The number of allylic oxidation sites excluding steroid dienone is 2. The third-order valence-electron chi connectivity index (χ3n) is 4.33. The summed E-state index contributed by atoms with van der Waals surface area (Å²) in [6.45, 7) is 16.5. The molecule has 0 atom stereocenters. The van der Waals surface area contributed by atoms with Crippen LogP contribution in [0.25, 0.3) is 0 Å². The van der Waals surface area contributed by atoms with Gasteiger partial charge in [0.2, 0.25) is 0 Å². The summed E-state index contributed by atoms with van der Waals surface area (Å²) in [6.07, 6.45) is 6.94. The van der Waals surface area contributed by atoms with Crippen LogP contribution >= 0.6 is 0 Å². The number of aryl methyl sites for hydroxylation is 1. The van der Waals surface area contributed by atoms with Gasteiger partial charge in [0.1, 0.15) is 0 Å². The molecule has 0 aromatic heterocycles. The fourth-order valence-corrected chi connectivity index (χ4v) is 3.07. The second-order valence-electron chi connectivity index (χ2n) is 6.07. The second kappa shape index (κ2) is 5.80. The van der Waals surface area contributed by atoms with Gasteiger partial charge in [-0.15, -0.1) is 0 Å². The summed E-state index contributed by atoms with van der Waals surface area (Å²) >= 11 is 0. The van der Waals surface area contributed by atoms with E-state index in [4.69, 9.17) is 0 Å². The van der Waals surface area contributed by atoms with Crippen LogP contribution in [0.4, 0.5) is 0 Å². The lowest BCUT2D eigenvalue weighted by molar-refractivity contribution is 0.121.